The van der Waals surface area contributed by atoms with E-state index in [2.05, 4.69) is 15.0 Å². The second-order valence-electron chi connectivity index (χ2n) is 6.52. The number of rotatable bonds is 4. The zero-order valence-corrected chi connectivity index (χ0v) is 14.1. The van der Waals surface area contributed by atoms with Crippen LogP contribution in [-0.4, -0.2) is 37.7 Å². The van der Waals surface area contributed by atoms with Crippen LogP contribution >= 0.6 is 0 Å². The number of hydrogen-bond acceptors (Lipinski definition) is 6. The summed E-state index contributed by atoms with van der Waals surface area (Å²) < 4.78 is 1.26. The Morgan fingerprint density at radius 1 is 1.15 bits per heavy atom. The molecule has 1 aliphatic heterocycles. The standard InChI is InChI=1S/C18H19N5O3/c24-18(13-4-2-1-3-5-13)14-8-10-21(11-9-14)16-7-6-15-19-12-17(23(25)26)22(15)20-16/h1-7,12,14,18,24H,8-11H2. The van der Waals surface area contributed by atoms with Gasteiger partial charge in [0.05, 0.1) is 6.10 Å². The predicted octanol–water partition coefficient (Wildman–Crippen LogP) is 2.59. The van der Waals surface area contributed by atoms with Crippen molar-refractivity contribution in [3.63, 3.8) is 0 Å². The van der Waals surface area contributed by atoms with Gasteiger partial charge < -0.3 is 20.1 Å². The molecule has 4 rings (SSSR count). The number of hydrogen-bond donors (Lipinski definition) is 1. The maximum Gasteiger partial charge on any atom is 0.368 e. The first-order valence-corrected chi connectivity index (χ1v) is 8.60. The van der Waals surface area contributed by atoms with E-state index in [9.17, 15) is 15.2 Å². The lowest BCUT2D eigenvalue weighted by molar-refractivity contribution is -0.391. The van der Waals surface area contributed by atoms with Crippen molar-refractivity contribution in [3.05, 3.63) is 64.3 Å². The van der Waals surface area contributed by atoms with E-state index in [1.54, 1.807) is 6.07 Å². The van der Waals surface area contributed by atoms with Crippen LogP contribution in [-0.2, 0) is 0 Å². The molecule has 0 radical (unpaired) electrons. The second-order valence-corrected chi connectivity index (χ2v) is 6.52. The molecule has 3 aromatic rings. The third kappa shape index (κ3) is 2.99. The Kier molecular flexibility index (Phi) is 4.26. The van der Waals surface area contributed by atoms with Gasteiger partial charge in [-0.05, 0) is 35.3 Å². The molecule has 0 aliphatic carbocycles. The third-order valence-electron chi connectivity index (χ3n) is 4.97. The number of benzene rings is 1. The first-order valence-electron chi connectivity index (χ1n) is 8.60. The summed E-state index contributed by atoms with van der Waals surface area (Å²) in [6.45, 7) is 1.49. The number of piperidine rings is 1. The topological polar surface area (TPSA) is 96.8 Å². The van der Waals surface area contributed by atoms with Crippen molar-refractivity contribution >= 4 is 17.3 Å². The Bertz CT molecular complexity index is 919. The molecule has 1 aliphatic rings. The Morgan fingerprint density at radius 2 is 1.88 bits per heavy atom. The highest BCUT2D eigenvalue weighted by atomic mass is 16.6. The van der Waals surface area contributed by atoms with Crippen molar-refractivity contribution in [1.82, 2.24) is 14.6 Å². The van der Waals surface area contributed by atoms with Crippen LogP contribution in [0.3, 0.4) is 0 Å². The fourth-order valence-corrected chi connectivity index (χ4v) is 3.51. The molecule has 1 fully saturated rings. The monoisotopic (exact) mass is 353 g/mol. The summed E-state index contributed by atoms with van der Waals surface area (Å²) >= 11 is 0. The number of aromatic nitrogens is 3. The average molecular weight is 353 g/mol. The van der Waals surface area contributed by atoms with Crippen LogP contribution in [0.1, 0.15) is 24.5 Å². The Labute approximate surface area is 149 Å². The zero-order valence-electron chi connectivity index (χ0n) is 14.1. The molecular formula is C18H19N5O3. The molecule has 1 aromatic carbocycles. The molecule has 0 amide bonds. The fourth-order valence-electron chi connectivity index (χ4n) is 3.51. The number of aliphatic hydroxyl groups excluding tert-OH is 1. The summed E-state index contributed by atoms with van der Waals surface area (Å²) in [7, 11) is 0. The SMILES string of the molecule is O=[N+]([O-])c1cnc2ccc(N3CCC(C(O)c4ccccc4)CC3)nn12. The summed E-state index contributed by atoms with van der Waals surface area (Å²) in [6.07, 6.45) is 2.42. The smallest absolute Gasteiger partial charge is 0.368 e. The van der Waals surface area contributed by atoms with Gasteiger partial charge in [0, 0.05) is 19.2 Å². The first-order chi connectivity index (χ1) is 12.6. The lowest BCUT2D eigenvalue weighted by Gasteiger charge is -2.34. The molecule has 134 valence electrons. The Balaban J connectivity index is 1.49. The van der Waals surface area contributed by atoms with Crippen LogP contribution in [0.5, 0.6) is 0 Å². The average Bonchev–Trinajstić information content (AvgIpc) is 3.12. The maximum absolute atomic E-state index is 11.1. The number of imidazole rings is 1. The number of nitro groups is 1. The van der Waals surface area contributed by atoms with Crippen molar-refractivity contribution < 1.29 is 10.0 Å². The van der Waals surface area contributed by atoms with Crippen molar-refractivity contribution in [1.29, 1.82) is 0 Å². The summed E-state index contributed by atoms with van der Waals surface area (Å²) in [6, 6.07) is 13.3. The zero-order chi connectivity index (χ0) is 18.1. The van der Waals surface area contributed by atoms with Gasteiger partial charge in [-0.1, -0.05) is 39.9 Å². The maximum atomic E-state index is 11.1. The van der Waals surface area contributed by atoms with Gasteiger partial charge in [0.1, 0.15) is 6.20 Å². The van der Waals surface area contributed by atoms with E-state index in [4.69, 9.17) is 0 Å². The van der Waals surface area contributed by atoms with E-state index < -0.39 is 11.0 Å². The molecule has 8 nitrogen and oxygen atoms in total. The number of fused-ring (bicyclic) bond motifs is 1. The minimum atomic E-state index is -0.487. The summed E-state index contributed by atoms with van der Waals surface area (Å²) in [5.74, 6) is 0.738. The van der Waals surface area contributed by atoms with Gasteiger partial charge in [-0.25, -0.2) is 4.98 Å². The van der Waals surface area contributed by atoms with Crippen LogP contribution in [0, 0.1) is 16.0 Å². The Morgan fingerprint density at radius 3 is 2.58 bits per heavy atom. The molecule has 0 bridgehead atoms. The van der Waals surface area contributed by atoms with Gasteiger partial charge in [0.25, 0.3) is 0 Å². The minimum absolute atomic E-state index is 0.142. The van der Waals surface area contributed by atoms with Gasteiger partial charge in [0.2, 0.25) is 5.65 Å². The minimum Gasteiger partial charge on any atom is -0.388 e. The van der Waals surface area contributed by atoms with Crippen molar-refractivity contribution in [2.24, 2.45) is 5.92 Å². The highest BCUT2D eigenvalue weighted by molar-refractivity contribution is 5.49. The molecule has 1 saturated heterocycles. The molecule has 0 spiro atoms. The summed E-state index contributed by atoms with van der Waals surface area (Å²) in [5.41, 5.74) is 1.40. The normalized spacial score (nSPS) is 16.7. The molecule has 26 heavy (non-hydrogen) atoms. The highest BCUT2D eigenvalue weighted by Gasteiger charge is 2.27. The van der Waals surface area contributed by atoms with Gasteiger partial charge in [0.15, 0.2) is 5.82 Å². The highest BCUT2D eigenvalue weighted by Crippen LogP contribution is 2.32. The van der Waals surface area contributed by atoms with E-state index in [-0.39, 0.29) is 11.7 Å². The van der Waals surface area contributed by atoms with E-state index in [0.717, 1.165) is 31.5 Å². The van der Waals surface area contributed by atoms with Crippen LogP contribution in [0.2, 0.25) is 0 Å². The Hall–Kier alpha value is -3.00. The van der Waals surface area contributed by atoms with Gasteiger partial charge >= 0.3 is 5.82 Å². The van der Waals surface area contributed by atoms with E-state index in [1.165, 1.54) is 10.7 Å². The predicted molar refractivity (Wildman–Crippen MR) is 96.0 cm³/mol. The van der Waals surface area contributed by atoms with Gasteiger partial charge in [-0.2, -0.15) is 0 Å². The lowest BCUT2D eigenvalue weighted by atomic mass is 9.87. The molecule has 0 saturated carbocycles. The number of aliphatic hydroxyl groups is 1. The molecule has 1 unspecified atom stereocenters. The van der Waals surface area contributed by atoms with Crippen molar-refractivity contribution in [2.75, 3.05) is 18.0 Å². The van der Waals surface area contributed by atoms with E-state index in [1.807, 2.05) is 36.4 Å². The van der Waals surface area contributed by atoms with Crippen molar-refractivity contribution in [2.45, 2.75) is 18.9 Å². The third-order valence-corrected chi connectivity index (χ3v) is 4.97. The van der Waals surface area contributed by atoms with Crippen LogP contribution in [0.25, 0.3) is 5.65 Å². The van der Waals surface area contributed by atoms with Crippen LogP contribution in [0.15, 0.2) is 48.7 Å². The fraction of sp³-hybridized carbons (Fsp3) is 0.333. The summed E-state index contributed by atoms with van der Waals surface area (Å²) in [4.78, 5) is 16.7. The number of nitrogens with zero attached hydrogens (tertiary/aromatic N) is 5. The van der Waals surface area contributed by atoms with Gasteiger partial charge in [-0.3, -0.25) is 0 Å². The molecule has 8 heteroatoms. The number of anilines is 1. The van der Waals surface area contributed by atoms with Gasteiger partial charge in [-0.15, -0.1) is 0 Å². The largest absolute Gasteiger partial charge is 0.388 e. The second kappa shape index (κ2) is 6.72. The lowest BCUT2D eigenvalue weighted by Crippen LogP contribution is -2.36. The van der Waals surface area contributed by atoms with Crippen LogP contribution in [0.4, 0.5) is 11.6 Å². The van der Waals surface area contributed by atoms with Crippen LogP contribution < -0.4 is 4.90 Å². The molecule has 1 atom stereocenters. The molecular weight excluding hydrogens is 334 g/mol. The van der Waals surface area contributed by atoms with E-state index in [0.29, 0.717) is 11.5 Å². The quantitative estimate of drug-likeness (QED) is 0.572. The molecule has 2 aromatic heterocycles. The van der Waals surface area contributed by atoms with E-state index >= 15 is 0 Å². The molecule has 1 N–H and O–H groups in total. The summed E-state index contributed by atoms with van der Waals surface area (Å²) in [5, 5.41) is 26.1. The van der Waals surface area contributed by atoms with Crippen molar-refractivity contribution in [3.8, 4) is 0 Å². The molecule has 3 heterocycles. The first kappa shape index (κ1) is 16.5.